The van der Waals surface area contributed by atoms with Crippen LogP contribution in [0.5, 0.6) is 23.0 Å². The van der Waals surface area contributed by atoms with Gasteiger partial charge in [-0.15, -0.1) is 0 Å². The number of nitrogens with one attached hydrogen (secondary N) is 2. The average Bonchev–Trinajstić information content (AvgIpc) is 0.757. The van der Waals surface area contributed by atoms with Crippen molar-refractivity contribution in [2.24, 2.45) is 23.5 Å². The van der Waals surface area contributed by atoms with Gasteiger partial charge in [-0.05, 0) is 196 Å². The van der Waals surface area contributed by atoms with E-state index in [2.05, 4.69) is 49.6 Å². The third-order valence-corrected chi connectivity index (χ3v) is 22.4. The summed E-state index contributed by atoms with van der Waals surface area (Å²) in [5.41, 5.74) is 15.2. The first-order valence-electron chi connectivity index (χ1n) is 36.1. The zero-order valence-corrected chi connectivity index (χ0v) is 59.8. The number of carbonyl (C=O) groups excluding carboxylic acids is 5. The quantitative estimate of drug-likeness (QED) is 0.0422. The van der Waals surface area contributed by atoms with Crippen LogP contribution in [0.25, 0.3) is 0 Å². The summed E-state index contributed by atoms with van der Waals surface area (Å²) in [6.45, 7) is 15.0. The van der Waals surface area contributed by atoms with Crippen molar-refractivity contribution in [3.05, 3.63) is 194 Å². The molecule has 6 bridgehead atoms. The van der Waals surface area contributed by atoms with Crippen molar-refractivity contribution in [1.29, 1.82) is 0 Å². The van der Waals surface area contributed by atoms with Gasteiger partial charge >= 0.3 is 30.5 Å². The molecule has 0 spiro atoms. The van der Waals surface area contributed by atoms with Crippen LogP contribution in [0.1, 0.15) is 189 Å². The number of nitro groups is 1. The predicted octanol–water partition coefficient (Wildman–Crippen LogP) is 17.3. The zero-order valence-electron chi connectivity index (χ0n) is 59.8. The molecule has 0 radical (unpaired) electrons. The van der Waals surface area contributed by atoms with Gasteiger partial charge in [-0.25, -0.2) is 24.0 Å². The van der Waals surface area contributed by atoms with E-state index in [1.807, 2.05) is 119 Å². The molecule has 0 unspecified atom stereocenters. The van der Waals surface area contributed by atoms with Crippen LogP contribution in [0.2, 0.25) is 0 Å². The van der Waals surface area contributed by atoms with Gasteiger partial charge in [0, 0.05) is 72.7 Å². The average molecular weight is 1370 g/mol. The van der Waals surface area contributed by atoms with Crippen LogP contribution in [0.15, 0.2) is 140 Å². The molecule has 6 aliphatic carbocycles. The summed E-state index contributed by atoms with van der Waals surface area (Å²) in [6, 6.07) is 42.5. The smallest absolute Gasteiger partial charge is 0.445 e. The fourth-order valence-corrected chi connectivity index (χ4v) is 16.2. The number of hydrogen-bond donors (Lipinski definition) is 3. The standard InChI is InChI=1S/C31H32N2O7.C29H38N2O4.C21H32N2O2/c1-31-17-7-3-6-10-23(28(31)32-29(34)38-20-21-8-4-2-5-9-21)18-22-11-14-26(19-27(22)31)40-30(35)39-25-15-12-24(13-16-25)33(36)37;1-20(2)31(4)28(33)35-24-15-14-22-17-23-13-9-6-10-16-29(3,25(22)18-24)26(23)30-27(32)34-19-21-11-7-5-8-12-21;1-14(2)23(4)20(24)25-17-10-9-15-12-16-8-6-5-7-11-21(3,19(16)22)18(15)13-17/h2,4-5,8-9,11-16,19,23,28H,3,6-7,10,17-18,20H2,1H3,(H,32,34);5,7-8,11-12,14-15,18,20,23,26H,6,9-10,13,16-17,19H2,1-4H3,(H,30,32);9-10,13-14,16,19H,5-8,11-12,22H2,1-4H3/t23-,28-,31+;23-,26-,29+;16-,19-,21+/m000/s1. The molecule has 19 nitrogen and oxygen atoms in total. The Hall–Kier alpha value is -8.97. The SMILES string of the molecule is CC(C)N(C)C(=O)Oc1ccc2c(c1)[C@@]1(C)CCCCC[C@@H](C2)[C@@H]1N.CC(C)N(C)C(=O)Oc1ccc2c(c1)[C@@]1(C)CCCCC[C@@H](C2)[C@@H]1NC(=O)OCc1ccccc1.C[C@@]12CCCCC[C@@H](Cc3ccc(OC(=O)Oc4ccc([N+](=O)[O-])cc4)cc31)[C@@H]2NC(=O)OCc1ccccc1. The van der Waals surface area contributed by atoms with Crippen molar-refractivity contribution in [2.75, 3.05) is 14.1 Å². The van der Waals surface area contributed by atoms with Crippen molar-refractivity contribution in [1.82, 2.24) is 20.4 Å². The third-order valence-electron chi connectivity index (χ3n) is 22.4. The van der Waals surface area contributed by atoms with Crippen molar-refractivity contribution in [3.8, 4) is 23.0 Å². The molecule has 0 saturated heterocycles. The molecule has 534 valence electrons. The predicted molar refractivity (Wildman–Crippen MR) is 385 cm³/mol. The lowest BCUT2D eigenvalue weighted by molar-refractivity contribution is -0.384. The van der Waals surface area contributed by atoms with Crippen LogP contribution in [0.3, 0.4) is 0 Å². The summed E-state index contributed by atoms with van der Waals surface area (Å²) in [4.78, 5) is 76.7. The Bertz CT molecular complexity index is 3810. The molecule has 0 aliphatic heterocycles. The first kappa shape index (κ1) is 73.7. The van der Waals surface area contributed by atoms with Gasteiger partial charge in [0.2, 0.25) is 0 Å². The van der Waals surface area contributed by atoms with Crippen LogP contribution in [0.4, 0.5) is 29.7 Å². The molecule has 4 amide bonds. The van der Waals surface area contributed by atoms with Gasteiger partial charge < -0.3 is 54.6 Å². The highest BCUT2D eigenvalue weighted by Gasteiger charge is 2.49. The lowest BCUT2D eigenvalue weighted by Gasteiger charge is -2.49. The number of nitrogens with zero attached hydrogens (tertiary/aromatic N) is 3. The minimum Gasteiger partial charge on any atom is -0.445 e. The molecule has 12 rings (SSSR count). The van der Waals surface area contributed by atoms with Crippen molar-refractivity contribution < 1.29 is 57.3 Å². The minimum atomic E-state index is -0.940. The highest BCUT2D eigenvalue weighted by Crippen LogP contribution is 2.51. The second-order valence-electron chi connectivity index (χ2n) is 29.6. The van der Waals surface area contributed by atoms with E-state index >= 15 is 0 Å². The lowest BCUT2D eigenvalue weighted by Crippen LogP contribution is -2.57. The summed E-state index contributed by atoms with van der Waals surface area (Å²) in [7, 11) is 3.51. The molecule has 19 heteroatoms. The molecule has 6 aromatic carbocycles. The topological polar surface area (TPSA) is 240 Å². The maximum Gasteiger partial charge on any atom is 0.519 e. The van der Waals surface area contributed by atoms with Crippen molar-refractivity contribution in [2.45, 2.75) is 224 Å². The molecule has 9 atom stereocenters. The van der Waals surface area contributed by atoms with Gasteiger partial charge in [-0.2, -0.15) is 0 Å². The van der Waals surface area contributed by atoms with Crippen molar-refractivity contribution >= 4 is 36.2 Å². The highest BCUT2D eigenvalue weighted by molar-refractivity contribution is 5.73. The number of nitro benzene ring substituents is 1. The van der Waals surface area contributed by atoms with E-state index in [4.69, 9.17) is 34.2 Å². The molecule has 100 heavy (non-hydrogen) atoms. The molecule has 3 fully saturated rings. The van der Waals surface area contributed by atoms with E-state index in [1.54, 1.807) is 30.0 Å². The Morgan fingerprint density at radius 1 is 0.490 bits per heavy atom. The Balaban J connectivity index is 0.000000166. The molecular weight excluding hydrogens is 1260 g/mol. The van der Waals surface area contributed by atoms with Crippen molar-refractivity contribution in [3.63, 3.8) is 0 Å². The van der Waals surface area contributed by atoms with Gasteiger partial charge in [0.05, 0.1) is 4.92 Å². The Labute approximate surface area is 589 Å². The molecule has 3 saturated carbocycles. The Morgan fingerprint density at radius 3 is 1.26 bits per heavy atom. The van der Waals surface area contributed by atoms with Crippen LogP contribution >= 0.6 is 0 Å². The van der Waals surface area contributed by atoms with Gasteiger partial charge in [0.15, 0.2) is 0 Å². The number of amides is 4. The zero-order chi connectivity index (χ0) is 71.3. The lowest BCUT2D eigenvalue weighted by atomic mass is 9.59. The van der Waals surface area contributed by atoms with Gasteiger partial charge in [-0.3, -0.25) is 10.1 Å². The second-order valence-corrected chi connectivity index (χ2v) is 29.6. The first-order valence-corrected chi connectivity index (χ1v) is 36.1. The summed E-state index contributed by atoms with van der Waals surface area (Å²) in [5.74, 6) is 2.83. The first-order chi connectivity index (χ1) is 47.9. The van der Waals surface area contributed by atoms with Gasteiger partial charge in [0.25, 0.3) is 5.69 Å². The van der Waals surface area contributed by atoms with E-state index < -0.39 is 17.2 Å². The van der Waals surface area contributed by atoms with E-state index in [9.17, 15) is 34.1 Å². The number of ether oxygens (including phenoxy) is 6. The Morgan fingerprint density at radius 2 is 0.850 bits per heavy atom. The number of benzene rings is 6. The second kappa shape index (κ2) is 33.0. The molecular formula is C81H102N6O13. The maximum atomic E-state index is 13.0. The number of carbonyl (C=O) groups is 5. The summed E-state index contributed by atoms with van der Waals surface area (Å²) in [6.07, 6.45) is 17.1. The van der Waals surface area contributed by atoms with Crippen LogP contribution in [0, 0.1) is 27.9 Å². The van der Waals surface area contributed by atoms with E-state index in [1.165, 1.54) is 90.6 Å². The molecule has 4 N–H and O–H groups in total. The van der Waals surface area contributed by atoms with Crippen LogP contribution in [-0.4, -0.2) is 89.6 Å². The van der Waals surface area contributed by atoms with Crippen LogP contribution in [-0.2, 0) is 58.2 Å². The van der Waals surface area contributed by atoms with E-state index in [0.717, 1.165) is 93.7 Å². The summed E-state index contributed by atoms with van der Waals surface area (Å²) >= 11 is 0. The number of rotatable bonds is 13. The molecule has 6 aliphatic rings. The fraction of sp³-hybridized carbons (Fsp3) is 0.494. The van der Waals surface area contributed by atoms with E-state index in [0.29, 0.717) is 29.1 Å². The maximum absolute atomic E-state index is 13.0. The normalized spacial score (nSPS) is 24.0. The van der Waals surface area contributed by atoms with Crippen LogP contribution < -0.4 is 35.3 Å². The van der Waals surface area contributed by atoms with Gasteiger partial charge in [-0.1, -0.05) is 157 Å². The Kier molecular flexibility index (Phi) is 24.3. The van der Waals surface area contributed by atoms with E-state index in [-0.39, 0.29) is 95.3 Å². The number of non-ortho nitro benzene ring substituents is 1. The fourth-order valence-electron chi connectivity index (χ4n) is 16.2. The monoisotopic (exact) mass is 1370 g/mol. The number of hydrogen-bond acceptors (Lipinski definition) is 14. The molecule has 0 aromatic heterocycles. The molecule has 6 aromatic rings. The number of nitrogens with two attached hydrogens (primary N) is 1. The molecule has 0 heterocycles. The minimum absolute atomic E-state index is 0.0228. The third kappa shape index (κ3) is 17.8. The summed E-state index contributed by atoms with van der Waals surface area (Å²) < 4.78 is 33.2. The van der Waals surface area contributed by atoms with Gasteiger partial charge in [0.1, 0.15) is 36.2 Å². The number of alkyl carbamates (subject to hydrolysis) is 2. The highest BCUT2D eigenvalue weighted by atomic mass is 16.7. The largest absolute Gasteiger partial charge is 0.519 e. The summed E-state index contributed by atoms with van der Waals surface area (Å²) in [5, 5.41) is 17.3. The number of fused-ring (bicyclic) bond motifs is 12.